The molecule has 0 saturated carbocycles. The van der Waals surface area contributed by atoms with Gasteiger partial charge in [0.2, 0.25) is 5.95 Å². The topological polar surface area (TPSA) is 62.7 Å². The average Bonchev–Trinajstić information content (AvgIpc) is 2.58. The fourth-order valence-electron chi connectivity index (χ4n) is 2.19. The molecule has 0 aliphatic rings. The maximum absolute atomic E-state index is 12.9. The van der Waals surface area contributed by atoms with E-state index in [1.165, 1.54) is 23.3 Å². The second kappa shape index (κ2) is 7.04. The van der Waals surface area contributed by atoms with Crippen molar-refractivity contribution in [3.05, 3.63) is 71.2 Å². The summed E-state index contributed by atoms with van der Waals surface area (Å²) in [6.45, 7) is 4.63. The smallest absolute Gasteiger partial charge is 0.244 e. The van der Waals surface area contributed by atoms with Crippen molar-refractivity contribution in [2.24, 2.45) is 0 Å². The molecular weight excluding hydrogens is 305 g/mol. The zero-order chi connectivity index (χ0) is 16.9. The van der Waals surface area contributed by atoms with Gasteiger partial charge in [-0.25, -0.2) is 4.39 Å². The molecule has 1 heterocycles. The highest BCUT2D eigenvalue weighted by atomic mass is 19.1. The van der Waals surface area contributed by atoms with E-state index in [4.69, 9.17) is 0 Å². The Labute approximate surface area is 140 Å². The molecule has 0 aliphatic carbocycles. The Balaban J connectivity index is 1.67. The molecule has 122 valence electrons. The lowest BCUT2D eigenvalue weighted by Crippen LogP contribution is -2.06. The standard InChI is InChI=1S/C18H18FN5/c1-12-3-8-16(9-13(12)2)22-17-11-21-24-18(23-17)20-10-14-4-6-15(19)7-5-14/h3-9,11H,10H2,1-2H3,(H2,20,22,23,24). The third kappa shape index (κ3) is 4.04. The Morgan fingerprint density at radius 1 is 1.00 bits per heavy atom. The summed E-state index contributed by atoms with van der Waals surface area (Å²) in [6.07, 6.45) is 1.57. The van der Waals surface area contributed by atoms with Gasteiger partial charge in [0, 0.05) is 12.2 Å². The van der Waals surface area contributed by atoms with E-state index in [1.54, 1.807) is 18.3 Å². The molecular formula is C18H18FN5. The van der Waals surface area contributed by atoms with Crippen LogP contribution in [0.25, 0.3) is 0 Å². The van der Waals surface area contributed by atoms with Crippen molar-refractivity contribution >= 4 is 17.5 Å². The quantitative estimate of drug-likeness (QED) is 0.743. The van der Waals surface area contributed by atoms with Crippen molar-refractivity contribution < 1.29 is 4.39 Å². The molecule has 6 heteroatoms. The number of hydrogen-bond acceptors (Lipinski definition) is 5. The summed E-state index contributed by atoms with van der Waals surface area (Å²) in [5.74, 6) is 0.763. The number of nitrogens with zero attached hydrogens (tertiary/aromatic N) is 3. The van der Waals surface area contributed by atoms with E-state index in [9.17, 15) is 4.39 Å². The van der Waals surface area contributed by atoms with Crippen LogP contribution in [0.2, 0.25) is 0 Å². The van der Waals surface area contributed by atoms with Gasteiger partial charge in [-0.3, -0.25) is 0 Å². The Morgan fingerprint density at radius 2 is 1.79 bits per heavy atom. The van der Waals surface area contributed by atoms with E-state index in [-0.39, 0.29) is 5.82 Å². The normalized spacial score (nSPS) is 10.5. The summed E-state index contributed by atoms with van der Waals surface area (Å²) in [4.78, 5) is 4.38. The predicted octanol–water partition coefficient (Wildman–Crippen LogP) is 3.98. The molecule has 2 N–H and O–H groups in total. The fourth-order valence-corrected chi connectivity index (χ4v) is 2.19. The Hall–Kier alpha value is -3.02. The van der Waals surface area contributed by atoms with E-state index in [0.717, 1.165) is 11.3 Å². The van der Waals surface area contributed by atoms with Crippen LogP contribution in [0.4, 0.5) is 21.8 Å². The monoisotopic (exact) mass is 323 g/mol. The minimum absolute atomic E-state index is 0.253. The van der Waals surface area contributed by atoms with Crippen molar-refractivity contribution in [3.8, 4) is 0 Å². The van der Waals surface area contributed by atoms with E-state index in [2.05, 4.69) is 51.8 Å². The number of aryl methyl sites for hydroxylation is 2. The highest BCUT2D eigenvalue weighted by Gasteiger charge is 2.03. The molecule has 5 nitrogen and oxygen atoms in total. The molecule has 2 aromatic carbocycles. The summed E-state index contributed by atoms with van der Waals surface area (Å²) in [5, 5.41) is 14.2. The Kier molecular flexibility index (Phi) is 4.65. The van der Waals surface area contributed by atoms with Crippen LogP contribution in [-0.4, -0.2) is 15.2 Å². The van der Waals surface area contributed by atoms with Gasteiger partial charge >= 0.3 is 0 Å². The average molecular weight is 323 g/mol. The van der Waals surface area contributed by atoms with Crippen LogP contribution >= 0.6 is 0 Å². The zero-order valence-corrected chi connectivity index (χ0v) is 13.5. The molecule has 0 radical (unpaired) electrons. The van der Waals surface area contributed by atoms with Crippen LogP contribution in [-0.2, 0) is 6.54 Å². The molecule has 24 heavy (non-hydrogen) atoms. The maximum Gasteiger partial charge on any atom is 0.244 e. The van der Waals surface area contributed by atoms with Gasteiger partial charge in [-0.1, -0.05) is 18.2 Å². The van der Waals surface area contributed by atoms with Crippen LogP contribution in [0.1, 0.15) is 16.7 Å². The van der Waals surface area contributed by atoms with Crippen molar-refractivity contribution in [1.29, 1.82) is 0 Å². The molecule has 0 spiro atoms. The molecule has 0 aliphatic heterocycles. The molecule has 1 aromatic heterocycles. The Morgan fingerprint density at radius 3 is 2.54 bits per heavy atom. The van der Waals surface area contributed by atoms with Crippen molar-refractivity contribution in [1.82, 2.24) is 15.2 Å². The number of benzene rings is 2. The summed E-state index contributed by atoms with van der Waals surface area (Å²) >= 11 is 0. The first-order chi connectivity index (χ1) is 11.6. The van der Waals surface area contributed by atoms with Crippen molar-refractivity contribution in [2.45, 2.75) is 20.4 Å². The second-order valence-electron chi connectivity index (χ2n) is 5.57. The highest BCUT2D eigenvalue weighted by molar-refractivity contribution is 5.58. The largest absolute Gasteiger partial charge is 0.349 e. The van der Waals surface area contributed by atoms with E-state index < -0.39 is 0 Å². The van der Waals surface area contributed by atoms with Crippen molar-refractivity contribution in [2.75, 3.05) is 10.6 Å². The molecule has 0 saturated heterocycles. The van der Waals surface area contributed by atoms with Gasteiger partial charge < -0.3 is 10.6 Å². The molecule has 3 aromatic rings. The van der Waals surface area contributed by atoms with E-state index in [0.29, 0.717) is 18.3 Å². The first kappa shape index (κ1) is 15.9. The summed E-state index contributed by atoms with van der Waals surface area (Å²) in [7, 11) is 0. The zero-order valence-electron chi connectivity index (χ0n) is 13.5. The van der Waals surface area contributed by atoms with E-state index >= 15 is 0 Å². The molecule has 0 unspecified atom stereocenters. The number of rotatable bonds is 5. The van der Waals surface area contributed by atoms with Crippen LogP contribution < -0.4 is 10.6 Å². The number of hydrogen-bond donors (Lipinski definition) is 2. The molecule has 0 atom stereocenters. The Bertz CT molecular complexity index is 833. The second-order valence-corrected chi connectivity index (χ2v) is 5.57. The minimum Gasteiger partial charge on any atom is -0.349 e. The lowest BCUT2D eigenvalue weighted by Gasteiger charge is -2.09. The SMILES string of the molecule is Cc1ccc(Nc2cnnc(NCc3ccc(F)cc3)n2)cc1C. The van der Waals surface area contributed by atoms with E-state index in [1.807, 2.05) is 6.07 Å². The third-order valence-corrected chi connectivity index (χ3v) is 3.70. The number of anilines is 3. The van der Waals surface area contributed by atoms with Crippen molar-refractivity contribution in [3.63, 3.8) is 0 Å². The van der Waals surface area contributed by atoms with Gasteiger partial charge in [0.15, 0.2) is 5.82 Å². The van der Waals surface area contributed by atoms with Crippen LogP contribution in [0.15, 0.2) is 48.7 Å². The number of aromatic nitrogens is 3. The van der Waals surface area contributed by atoms with Crippen LogP contribution in [0.3, 0.4) is 0 Å². The number of nitrogens with one attached hydrogen (secondary N) is 2. The molecule has 0 amide bonds. The highest BCUT2D eigenvalue weighted by Crippen LogP contribution is 2.18. The first-order valence-corrected chi connectivity index (χ1v) is 7.62. The number of halogens is 1. The molecule has 0 fully saturated rings. The molecule has 0 bridgehead atoms. The summed E-state index contributed by atoms with van der Waals surface area (Å²) < 4.78 is 12.9. The molecule has 3 rings (SSSR count). The minimum atomic E-state index is -0.253. The van der Waals surface area contributed by atoms with Crippen LogP contribution in [0, 0.1) is 19.7 Å². The summed E-state index contributed by atoms with van der Waals surface area (Å²) in [5.41, 5.74) is 4.33. The maximum atomic E-state index is 12.9. The summed E-state index contributed by atoms with van der Waals surface area (Å²) in [6, 6.07) is 12.4. The van der Waals surface area contributed by atoms with Gasteiger partial charge in [-0.15, -0.1) is 5.10 Å². The van der Waals surface area contributed by atoms with Crippen LogP contribution in [0.5, 0.6) is 0 Å². The lowest BCUT2D eigenvalue weighted by atomic mass is 10.1. The van der Waals surface area contributed by atoms with Gasteiger partial charge in [-0.2, -0.15) is 10.1 Å². The van der Waals surface area contributed by atoms with Gasteiger partial charge in [-0.05, 0) is 54.8 Å². The van der Waals surface area contributed by atoms with Gasteiger partial charge in [0.25, 0.3) is 0 Å². The third-order valence-electron chi connectivity index (χ3n) is 3.70. The predicted molar refractivity (Wildman–Crippen MR) is 92.8 cm³/mol. The lowest BCUT2D eigenvalue weighted by molar-refractivity contribution is 0.627. The first-order valence-electron chi connectivity index (χ1n) is 7.62. The van der Waals surface area contributed by atoms with Gasteiger partial charge in [0.05, 0.1) is 6.20 Å². The fraction of sp³-hybridized carbons (Fsp3) is 0.167. The van der Waals surface area contributed by atoms with Gasteiger partial charge in [0.1, 0.15) is 5.82 Å².